The van der Waals surface area contributed by atoms with Gasteiger partial charge < -0.3 is 10.3 Å². The molecule has 3 N–H and O–H groups in total. The molecule has 9 heteroatoms. The Hall–Kier alpha value is -2.00. The number of nitrogens with two attached hydrogens (primary N) is 1. The van der Waals surface area contributed by atoms with Crippen molar-refractivity contribution in [3.05, 3.63) is 30.4 Å². The predicted octanol–water partition coefficient (Wildman–Crippen LogP) is -0.530. The van der Waals surface area contributed by atoms with Crippen LogP contribution < -0.4 is 10.5 Å². The Labute approximate surface area is 104 Å². The van der Waals surface area contributed by atoms with Crippen molar-refractivity contribution in [2.24, 2.45) is 12.8 Å². The third-order valence-electron chi connectivity index (χ3n) is 2.31. The molecule has 96 valence electrons. The van der Waals surface area contributed by atoms with Crippen molar-refractivity contribution in [3.63, 3.8) is 0 Å². The summed E-state index contributed by atoms with van der Waals surface area (Å²) in [6, 6.07) is 1.50. The molecule has 0 amide bonds. The van der Waals surface area contributed by atoms with Crippen LogP contribution in [0.15, 0.2) is 29.6 Å². The lowest BCUT2D eigenvalue weighted by atomic mass is 10.4. The van der Waals surface area contributed by atoms with E-state index in [1.165, 1.54) is 24.7 Å². The van der Waals surface area contributed by atoms with Crippen molar-refractivity contribution in [2.75, 3.05) is 4.72 Å². The number of nitrogens with one attached hydrogen (secondary N) is 1. The SMILES string of the molecule is Cn1cc(S(=O)(=O)Nc2nccnn2)cc1CN. The molecule has 0 radical (unpaired) electrons. The first-order valence-corrected chi connectivity index (χ1v) is 6.53. The molecule has 0 aliphatic rings. The first-order chi connectivity index (χ1) is 8.53. The standard InChI is InChI=1S/C9H12N6O2S/c1-15-6-8(4-7(15)5-10)18(16,17)14-9-11-2-3-12-13-9/h2-4,6H,5,10H2,1H3,(H,11,13,14). The Morgan fingerprint density at radius 1 is 1.44 bits per heavy atom. The number of aryl methyl sites for hydroxylation is 1. The van der Waals surface area contributed by atoms with Gasteiger partial charge in [0.15, 0.2) is 0 Å². The van der Waals surface area contributed by atoms with Gasteiger partial charge in [-0.15, -0.1) is 5.10 Å². The zero-order chi connectivity index (χ0) is 13.2. The van der Waals surface area contributed by atoms with Gasteiger partial charge in [0.05, 0.1) is 12.4 Å². The van der Waals surface area contributed by atoms with E-state index in [0.717, 1.165) is 0 Å². The van der Waals surface area contributed by atoms with Gasteiger partial charge in [0.1, 0.15) is 4.90 Å². The van der Waals surface area contributed by atoms with Gasteiger partial charge in [-0.25, -0.2) is 18.1 Å². The molecule has 18 heavy (non-hydrogen) atoms. The summed E-state index contributed by atoms with van der Waals surface area (Å²) in [6.07, 6.45) is 4.18. The van der Waals surface area contributed by atoms with Gasteiger partial charge in [-0.05, 0) is 6.07 Å². The quantitative estimate of drug-likeness (QED) is 0.770. The zero-order valence-corrected chi connectivity index (χ0v) is 10.4. The van der Waals surface area contributed by atoms with Gasteiger partial charge in [-0.1, -0.05) is 0 Å². The van der Waals surface area contributed by atoms with E-state index < -0.39 is 10.0 Å². The lowest BCUT2D eigenvalue weighted by Gasteiger charge is -2.02. The third-order valence-corrected chi connectivity index (χ3v) is 3.61. The highest BCUT2D eigenvalue weighted by Crippen LogP contribution is 2.15. The minimum Gasteiger partial charge on any atom is -0.352 e. The Morgan fingerprint density at radius 3 is 2.78 bits per heavy atom. The molecule has 0 aliphatic heterocycles. The molecule has 0 aliphatic carbocycles. The smallest absolute Gasteiger partial charge is 0.265 e. The van der Waals surface area contributed by atoms with Gasteiger partial charge in [0.25, 0.3) is 16.0 Å². The summed E-state index contributed by atoms with van der Waals surface area (Å²) in [5.74, 6) is -0.0735. The van der Waals surface area contributed by atoms with Crippen molar-refractivity contribution >= 4 is 16.0 Å². The van der Waals surface area contributed by atoms with Crippen LogP contribution in [0.1, 0.15) is 5.69 Å². The summed E-state index contributed by atoms with van der Waals surface area (Å²) >= 11 is 0. The number of hydrogen-bond acceptors (Lipinski definition) is 6. The number of nitrogens with zero attached hydrogens (tertiary/aromatic N) is 4. The zero-order valence-electron chi connectivity index (χ0n) is 9.61. The lowest BCUT2D eigenvalue weighted by molar-refractivity contribution is 0.600. The van der Waals surface area contributed by atoms with E-state index in [-0.39, 0.29) is 17.4 Å². The molecule has 0 fully saturated rings. The molecule has 0 atom stereocenters. The van der Waals surface area contributed by atoms with Crippen molar-refractivity contribution < 1.29 is 8.42 Å². The second-order valence-electron chi connectivity index (χ2n) is 3.55. The van der Waals surface area contributed by atoms with Crippen LogP contribution in [0, 0.1) is 0 Å². The van der Waals surface area contributed by atoms with E-state index in [1.54, 1.807) is 11.6 Å². The summed E-state index contributed by atoms with van der Waals surface area (Å²) < 4.78 is 27.9. The van der Waals surface area contributed by atoms with Crippen LogP contribution in [-0.2, 0) is 23.6 Å². The lowest BCUT2D eigenvalue weighted by Crippen LogP contribution is -2.14. The fourth-order valence-electron chi connectivity index (χ4n) is 1.40. The van der Waals surface area contributed by atoms with Gasteiger partial charge in [0, 0.05) is 25.5 Å². The Balaban J connectivity index is 2.31. The topological polar surface area (TPSA) is 116 Å². The average Bonchev–Trinajstić information content (AvgIpc) is 2.72. The summed E-state index contributed by atoms with van der Waals surface area (Å²) in [5.41, 5.74) is 6.20. The van der Waals surface area contributed by atoms with E-state index in [1.807, 2.05) is 0 Å². The minimum absolute atomic E-state index is 0.0735. The van der Waals surface area contributed by atoms with Crippen molar-refractivity contribution in [1.29, 1.82) is 0 Å². The van der Waals surface area contributed by atoms with Crippen LogP contribution in [0.3, 0.4) is 0 Å². The van der Waals surface area contributed by atoms with Crippen LogP contribution in [0.25, 0.3) is 0 Å². The Bertz CT molecular complexity index is 636. The van der Waals surface area contributed by atoms with Crippen LogP contribution in [-0.4, -0.2) is 28.2 Å². The monoisotopic (exact) mass is 268 g/mol. The summed E-state index contributed by atoms with van der Waals surface area (Å²) in [6.45, 7) is 0.259. The third kappa shape index (κ3) is 2.46. The molecule has 2 heterocycles. The Morgan fingerprint density at radius 2 is 2.22 bits per heavy atom. The van der Waals surface area contributed by atoms with Crippen LogP contribution in [0.2, 0.25) is 0 Å². The molecule has 0 saturated carbocycles. The van der Waals surface area contributed by atoms with Gasteiger partial charge in [0.2, 0.25) is 0 Å². The average molecular weight is 268 g/mol. The highest BCUT2D eigenvalue weighted by molar-refractivity contribution is 7.92. The highest BCUT2D eigenvalue weighted by Gasteiger charge is 2.18. The van der Waals surface area contributed by atoms with Crippen LogP contribution in [0.5, 0.6) is 0 Å². The number of sulfonamides is 1. The van der Waals surface area contributed by atoms with E-state index in [4.69, 9.17) is 5.73 Å². The summed E-state index contributed by atoms with van der Waals surface area (Å²) in [7, 11) is -1.99. The second kappa shape index (κ2) is 4.70. The molecule has 2 aromatic rings. The van der Waals surface area contributed by atoms with Gasteiger partial charge in [-0.3, -0.25) is 0 Å². The van der Waals surface area contributed by atoms with E-state index in [0.29, 0.717) is 5.69 Å². The van der Waals surface area contributed by atoms with Crippen molar-refractivity contribution in [1.82, 2.24) is 19.7 Å². The number of aromatic nitrogens is 4. The normalized spacial score (nSPS) is 11.4. The molecule has 0 saturated heterocycles. The second-order valence-corrected chi connectivity index (χ2v) is 5.24. The number of rotatable bonds is 4. The summed E-state index contributed by atoms with van der Waals surface area (Å²) in [5, 5.41) is 7.09. The molecule has 0 bridgehead atoms. The largest absolute Gasteiger partial charge is 0.352 e. The maximum absolute atomic E-state index is 12.0. The molecular weight excluding hydrogens is 256 g/mol. The van der Waals surface area contributed by atoms with Gasteiger partial charge >= 0.3 is 0 Å². The summed E-state index contributed by atoms with van der Waals surface area (Å²) in [4.78, 5) is 3.85. The molecule has 8 nitrogen and oxygen atoms in total. The number of hydrogen-bond donors (Lipinski definition) is 2. The minimum atomic E-state index is -3.72. The molecule has 2 aromatic heterocycles. The van der Waals surface area contributed by atoms with Crippen LogP contribution >= 0.6 is 0 Å². The predicted molar refractivity (Wildman–Crippen MR) is 63.9 cm³/mol. The first kappa shape index (κ1) is 12.5. The Kier molecular flexibility index (Phi) is 3.26. The van der Waals surface area contributed by atoms with Gasteiger partial charge in [-0.2, -0.15) is 5.10 Å². The maximum Gasteiger partial charge on any atom is 0.265 e. The van der Waals surface area contributed by atoms with Crippen LogP contribution in [0.4, 0.5) is 5.95 Å². The fourth-order valence-corrected chi connectivity index (χ4v) is 2.44. The first-order valence-electron chi connectivity index (χ1n) is 5.05. The molecule has 2 rings (SSSR count). The molecule has 0 spiro atoms. The number of anilines is 1. The van der Waals surface area contributed by atoms with Crippen molar-refractivity contribution in [2.45, 2.75) is 11.4 Å². The van der Waals surface area contributed by atoms with E-state index in [2.05, 4.69) is 19.9 Å². The fraction of sp³-hybridized carbons (Fsp3) is 0.222. The highest BCUT2D eigenvalue weighted by atomic mass is 32.2. The molecule has 0 unspecified atom stereocenters. The van der Waals surface area contributed by atoms with E-state index in [9.17, 15) is 8.42 Å². The molecule has 0 aromatic carbocycles. The van der Waals surface area contributed by atoms with E-state index >= 15 is 0 Å². The van der Waals surface area contributed by atoms with Crippen molar-refractivity contribution in [3.8, 4) is 0 Å². The maximum atomic E-state index is 12.0. The molecular formula is C9H12N6O2S.